The molecule has 1 aliphatic carbocycles. The second kappa shape index (κ2) is 8.40. The van der Waals surface area contributed by atoms with Gasteiger partial charge in [-0.25, -0.2) is 9.59 Å². The van der Waals surface area contributed by atoms with Crippen molar-refractivity contribution in [2.45, 2.75) is 90.5 Å². The number of carbonyl (C=O) groups excluding carboxylic acids is 2. The van der Waals surface area contributed by atoms with E-state index in [2.05, 4.69) is 10.6 Å². The number of alkyl carbamates (subject to hydrolysis) is 2. The third kappa shape index (κ3) is 8.79. The minimum Gasteiger partial charge on any atom is -0.442 e. The van der Waals surface area contributed by atoms with Crippen molar-refractivity contribution in [1.82, 2.24) is 10.6 Å². The minimum atomic E-state index is -0.585. The highest BCUT2D eigenvalue weighted by atomic mass is 16.6. The summed E-state index contributed by atoms with van der Waals surface area (Å²) in [5, 5.41) is 5.54. The molecule has 0 fully saturated rings. The van der Waals surface area contributed by atoms with Gasteiger partial charge in [-0.3, -0.25) is 0 Å². The summed E-state index contributed by atoms with van der Waals surface area (Å²) in [6, 6.07) is 0. The number of rotatable bonds is 2. The van der Waals surface area contributed by atoms with Crippen LogP contribution in [0.5, 0.6) is 0 Å². The standard InChI is InChI=1S/C18H32N2O4/c1-17(2,3)19-15(21)23-13-11-9-7-8-10-12-14(13)24-16(22)20-18(4,5)6/h9,11,13-14H,7-8,10,12H2,1-6H3,(H,19,21)(H,20,22)/b11-9+. The summed E-state index contributed by atoms with van der Waals surface area (Å²) in [5.41, 5.74) is -0.767. The van der Waals surface area contributed by atoms with Gasteiger partial charge in [-0.2, -0.15) is 0 Å². The molecule has 0 aromatic heterocycles. The van der Waals surface area contributed by atoms with Crippen molar-refractivity contribution in [2.75, 3.05) is 0 Å². The van der Waals surface area contributed by atoms with Crippen molar-refractivity contribution >= 4 is 12.2 Å². The van der Waals surface area contributed by atoms with E-state index in [0.29, 0.717) is 6.42 Å². The molecule has 2 amide bonds. The molecule has 6 heteroatoms. The quantitative estimate of drug-likeness (QED) is 0.747. The molecule has 0 saturated heterocycles. The topological polar surface area (TPSA) is 76.7 Å². The molecule has 1 aliphatic rings. The molecule has 0 aliphatic heterocycles. The predicted octanol–water partition coefficient (Wildman–Crippen LogP) is 3.90. The number of hydrogen-bond donors (Lipinski definition) is 2. The Morgan fingerprint density at radius 1 is 0.917 bits per heavy atom. The van der Waals surface area contributed by atoms with E-state index in [1.807, 2.05) is 53.7 Å². The van der Waals surface area contributed by atoms with Gasteiger partial charge < -0.3 is 20.1 Å². The minimum absolute atomic E-state index is 0.380. The molecule has 2 N–H and O–H groups in total. The zero-order chi connectivity index (χ0) is 18.4. The van der Waals surface area contributed by atoms with Gasteiger partial charge in [0.15, 0.2) is 6.10 Å². The maximum absolute atomic E-state index is 12.1. The van der Waals surface area contributed by atoms with E-state index in [1.54, 1.807) is 0 Å². The summed E-state index contributed by atoms with van der Waals surface area (Å²) < 4.78 is 11.0. The zero-order valence-corrected chi connectivity index (χ0v) is 15.8. The first-order valence-electron chi connectivity index (χ1n) is 8.60. The van der Waals surface area contributed by atoms with Crippen molar-refractivity contribution in [1.29, 1.82) is 0 Å². The van der Waals surface area contributed by atoms with Crippen LogP contribution < -0.4 is 10.6 Å². The third-order valence-corrected chi connectivity index (χ3v) is 3.26. The van der Waals surface area contributed by atoms with Gasteiger partial charge in [0.2, 0.25) is 0 Å². The van der Waals surface area contributed by atoms with Crippen LogP contribution in [0.15, 0.2) is 12.2 Å². The van der Waals surface area contributed by atoms with E-state index >= 15 is 0 Å². The maximum atomic E-state index is 12.1. The van der Waals surface area contributed by atoms with Crippen LogP contribution in [-0.4, -0.2) is 35.5 Å². The van der Waals surface area contributed by atoms with Crippen LogP contribution in [0.2, 0.25) is 0 Å². The second-order valence-electron chi connectivity index (χ2n) is 8.28. The van der Waals surface area contributed by atoms with Gasteiger partial charge in [-0.05, 0) is 73.3 Å². The van der Waals surface area contributed by atoms with Gasteiger partial charge >= 0.3 is 12.2 Å². The Bertz CT molecular complexity index is 461. The highest BCUT2D eigenvalue weighted by Gasteiger charge is 2.29. The molecular formula is C18H32N2O4. The summed E-state index contributed by atoms with van der Waals surface area (Å²) in [6.45, 7) is 11.3. The first-order chi connectivity index (χ1) is 11.0. The molecule has 0 saturated carbocycles. The van der Waals surface area contributed by atoms with Gasteiger partial charge in [0.25, 0.3) is 0 Å². The molecule has 138 valence electrons. The van der Waals surface area contributed by atoms with Crippen LogP contribution in [0.4, 0.5) is 9.59 Å². The SMILES string of the molecule is CC(C)(C)NC(=O)OC1/C=C/CCCCC1OC(=O)NC(C)(C)C. The monoisotopic (exact) mass is 340 g/mol. The molecule has 0 radical (unpaired) electrons. The predicted molar refractivity (Wildman–Crippen MR) is 93.9 cm³/mol. The van der Waals surface area contributed by atoms with Crippen molar-refractivity contribution in [3.05, 3.63) is 12.2 Å². The largest absolute Gasteiger partial charge is 0.442 e. The van der Waals surface area contributed by atoms with Crippen LogP contribution >= 0.6 is 0 Å². The van der Waals surface area contributed by atoms with Crippen molar-refractivity contribution in [3.63, 3.8) is 0 Å². The van der Waals surface area contributed by atoms with Crippen molar-refractivity contribution < 1.29 is 19.1 Å². The fourth-order valence-electron chi connectivity index (χ4n) is 2.30. The lowest BCUT2D eigenvalue weighted by Gasteiger charge is -2.29. The van der Waals surface area contributed by atoms with Gasteiger partial charge in [-0.1, -0.05) is 6.08 Å². The third-order valence-electron chi connectivity index (χ3n) is 3.26. The van der Waals surface area contributed by atoms with Crippen LogP contribution in [0, 0.1) is 0 Å². The second-order valence-corrected chi connectivity index (χ2v) is 8.28. The molecule has 24 heavy (non-hydrogen) atoms. The van der Waals surface area contributed by atoms with Gasteiger partial charge in [0.05, 0.1) is 0 Å². The molecule has 0 aromatic carbocycles. The molecule has 0 spiro atoms. The average Bonchev–Trinajstić information content (AvgIpc) is 2.32. The fraction of sp³-hybridized carbons (Fsp3) is 0.778. The summed E-state index contributed by atoms with van der Waals surface area (Å²) in [4.78, 5) is 24.1. The number of ether oxygens (including phenoxy) is 2. The number of hydrogen-bond acceptors (Lipinski definition) is 4. The van der Waals surface area contributed by atoms with Crippen LogP contribution in [0.1, 0.15) is 67.2 Å². The van der Waals surface area contributed by atoms with E-state index < -0.39 is 24.4 Å². The van der Waals surface area contributed by atoms with Gasteiger partial charge in [0.1, 0.15) is 6.10 Å². The Labute approximate surface area is 145 Å². The van der Waals surface area contributed by atoms with E-state index in [4.69, 9.17) is 9.47 Å². The lowest BCUT2D eigenvalue weighted by atomic mass is 10.0. The van der Waals surface area contributed by atoms with Crippen LogP contribution in [0.25, 0.3) is 0 Å². The van der Waals surface area contributed by atoms with E-state index in [-0.39, 0.29) is 11.1 Å². The summed E-state index contributed by atoms with van der Waals surface area (Å²) in [7, 11) is 0. The van der Waals surface area contributed by atoms with Gasteiger partial charge in [-0.15, -0.1) is 0 Å². The normalized spacial score (nSPS) is 23.4. The summed E-state index contributed by atoms with van der Waals surface area (Å²) in [5.74, 6) is 0. The first-order valence-corrected chi connectivity index (χ1v) is 8.60. The number of amides is 2. The Morgan fingerprint density at radius 3 is 2.00 bits per heavy atom. The van der Waals surface area contributed by atoms with E-state index in [1.165, 1.54) is 0 Å². The lowest BCUT2D eigenvalue weighted by Crippen LogP contribution is -2.47. The van der Waals surface area contributed by atoms with Crippen molar-refractivity contribution in [3.8, 4) is 0 Å². The summed E-state index contributed by atoms with van der Waals surface area (Å²) >= 11 is 0. The number of carbonyl (C=O) groups is 2. The molecule has 2 atom stereocenters. The Hall–Kier alpha value is -1.72. The maximum Gasteiger partial charge on any atom is 0.408 e. The number of nitrogens with one attached hydrogen (secondary N) is 2. The Balaban J connectivity index is 2.75. The Morgan fingerprint density at radius 2 is 1.46 bits per heavy atom. The zero-order valence-electron chi connectivity index (χ0n) is 15.8. The smallest absolute Gasteiger partial charge is 0.408 e. The average molecular weight is 340 g/mol. The first kappa shape index (κ1) is 20.3. The lowest BCUT2D eigenvalue weighted by molar-refractivity contribution is 0.00233. The summed E-state index contributed by atoms with van der Waals surface area (Å²) in [6.07, 6.45) is 5.25. The van der Waals surface area contributed by atoms with E-state index in [9.17, 15) is 9.59 Å². The highest BCUT2D eigenvalue weighted by Crippen LogP contribution is 2.19. The molecule has 0 aromatic rings. The molecule has 2 unspecified atom stereocenters. The highest BCUT2D eigenvalue weighted by molar-refractivity contribution is 5.69. The molecule has 6 nitrogen and oxygen atoms in total. The molecule has 0 bridgehead atoms. The Kier molecular flexibility index (Phi) is 7.11. The number of allylic oxidation sites excluding steroid dienone is 1. The molecule has 1 rings (SSSR count). The molecular weight excluding hydrogens is 308 g/mol. The van der Waals surface area contributed by atoms with E-state index in [0.717, 1.165) is 19.3 Å². The molecule has 0 heterocycles. The van der Waals surface area contributed by atoms with Gasteiger partial charge in [0, 0.05) is 11.1 Å². The van der Waals surface area contributed by atoms with Crippen molar-refractivity contribution in [2.24, 2.45) is 0 Å². The fourth-order valence-corrected chi connectivity index (χ4v) is 2.30. The van der Waals surface area contributed by atoms with Crippen LogP contribution in [0.3, 0.4) is 0 Å². The van der Waals surface area contributed by atoms with Crippen LogP contribution in [-0.2, 0) is 9.47 Å².